The molecule has 6 heteroatoms. The van der Waals surface area contributed by atoms with Gasteiger partial charge in [0.2, 0.25) is 5.91 Å². The molecule has 0 atom stereocenters. The van der Waals surface area contributed by atoms with Gasteiger partial charge in [0.05, 0.1) is 6.10 Å². The highest BCUT2D eigenvalue weighted by molar-refractivity contribution is 5.94. The zero-order valence-corrected chi connectivity index (χ0v) is 11.4. The Morgan fingerprint density at radius 1 is 1.35 bits per heavy atom. The van der Waals surface area contributed by atoms with Crippen molar-refractivity contribution in [2.24, 2.45) is 5.73 Å². The van der Waals surface area contributed by atoms with E-state index in [1.165, 1.54) is 0 Å². The number of nitrogens with zero attached hydrogens (tertiary/aromatic N) is 1. The minimum Gasteiger partial charge on any atom is -0.491 e. The molecule has 6 nitrogen and oxygen atoms in total. The van der Waals surface area contributed by atoms with E-state index < -0.39 is 11.9 Å². The zero-order valence-electron chi connectivity index (χ0n) is 11.4. The van der Waals surface area contributed by atoms with Crippen molar-refractivity contribution < 1.29 is 14.3 Å². The molecule has 20 heavy (non-hydrogen) atoms. The monoisotopic (exact) mass is 275 g/mol. The summed E-state index contributed by atoms with van der Waals surface area (Å²) in [6.07, 6.45) is 1.89. The number of amides is 3. The number of nitrogens with two attached hydrogens (primary N) is 1. The first-order valence-electron chi connectivity index (χ1n) is 6.30. The molecule has 106 valence electrons. The molecule has 2 rings (SSSR count). The number of carbonyl (C=O) groups is 2. The maximum atomic E-state index is 11.5. The van der Waals surface area contributed by atoms with Crippen LogP contribution in [0, 0.1) is 0 Å². The number of carbonyl (C=O) groups excluding carboxylic acids is 2. The minimum absolute atomic E-state index is 0.0385. The normalized spacial score (nSPS) is 10.8. The lowest BCUT2D eigenvalue weighted by molar-refractivity contribution is -0.120. The molecule has 1 aromatic carbocycles. The summed E-state index contributed by atoms with van der Waals surface area (Å²) in [5, 5.41) is 3.01. The van der Waals surface area contributed by atoms with Crippen LogP contribution in [0.15, 0.2) is 30.5 Å². The van der Waals surface area contributed by atoms with Crippen molar-refractivity contribution in [1.82, 2.24) is 9.88 Å². The fourth-order valence-corrected chi connectivity index (χ4v) is 1.99. The SMILES string of the molecule is CC(C)Oc1ccc2c(ccn2CC(=O)NC(N)=O)c1. The molecule has 0 aliphatic carbocycles. The van der Waals surface area contributed by atoms with E-state index in [2.05, 4.69) is 0 Å². The van der Waals surface area contributed by atoms with Crippen LogP contribution >= 0.6 is 0 Å². The van der Waals surface area contributed by atoms with Gasteiger partial charge in [-0.25, -0.2) is 4.79 Å². The van der Waals surface area contributed by atoms with Gasteiger partial charge < -0.3 is 15.0 Å². The molecular formula is C14H17N3O3. The van der Waals surface area contributed by atoms with E-state index in [9.17, 15) is 9.59 Å². The highest BCUT2D eigenvalue weighted by Crippen LogP contribution is 2.22. The van der Waals surface area contributed by atoms with Crippen LogP contribution in [-0.2, 0) is 11.3 Å². The predicted octanol–water partition coefficient (Wildman–Crippen LogP) is 1.62. The molecule has 0 fully saturated rings. The van der Waals surface area contributed by atoms with Gasteiger partial charge in [-0.2, -0.15) is 0 Å². The lowest BCUT2D eigenvalue weighted by Crippen LogP contribution is -2.37. The number of aromatic nitrogens is 1. The summed E-state index contributed by atoms with van der Waals surface area (Å²) < 4.78 is 7.36. The smallest absolute Gasteiger partial charge is 0.318 e. The number of urea groups is 1. The van der Waals surface area contributed by atoms with Crippen molar-refractivity contribution in [3.05, 3.63) is 30.5 Å². The second-order valence-corrected chi connectivity index (χ2v) is 4.74. The van der Waals surface area contributed by atoms with Gasteiger partial charge in [-0.15, -0.1) is 0 Å². The maximum Gasteiger partial charge on any atom is 0.318 e. The zero-order chi connectivity index (χ0) is 14.7. The lowest BCUT2D eigenvalue weighted by atomic mass is 10.2. The Morgan fingerprint density at radius 3 is 2.75 bits per heavy atom. The Labute approximate surface area is 116 Å². The van der Waals surface area contributed by atoms with Gasteiger partial charge in [0.25, 0.3) is 0 Å². The average Bonchev–Trinajstić information content (AvgIpc) is 2.70. The number of imide groups is 1. The Bertz CT molecular complexity index is 646. The molecule has 1 heterocycles. The molecule has 2 aromatic rings. The number of rotatable bonds is 4. The number of nitrogens with one attached hydrogen (secondary N) is 1. The quantitative estimate of drug-likeness (QED) is 0.889. The van der Waals surface area contributed by atoms with Gasteiger partial charge in [-0.3, -0.25) is 10.1 Å². The Hall–Kier alpha value is -2.50. The topological polar surface area (TPSA) is 86.3 Å². The second kappa shape index (κ2) is 5.64. The lowest BCUT2D eigenvalue weighted by Gasteiger charge is -2.10. The van der Waals surface area contributed by atoms with E-state index in [4.69, 9.17) is 10.5 Å². The molecule has 0 aliphatic rings. The van der Waals surface area contributed by atoms with Crippen LogP contribution in [0.4, 0.5) is 4.79 Å². The third-order valence-electron chi connectivity index (χ3n) is 2.69. The van der Waals surface area contributed by atoms with E-state index >= 15 is 0 Å². The Kier molecular flexibility index (Phi) is 3.93. The van der Waals surface area contributed by atoms with E-state index in [0.717, 1.165) is 16.7 Å². The molecule has 0 unspecified atom stereocenters. The molecule has 0 saturated heterocycles. The highest BCUT2D eigenvalue weighted by atomic mass is 16.5. The number of benzene rings is 1. The number of ether oxygens (including phenoxy) is 1. The molecule has 0 saturated carbocycles. The van der Waals surface area contributed by atoms with Gasteiger partial charge in [0.15, 0.2) is 0 Å². The first-order chi connectivity index (χ1) is 9.45. The average molecular weight is 275 g/mol. The van der Waals surface area contributed by atoms with Crippen LogP contribution in [0.2, 0.25) is 0 Å². The van der Waals surface area contributed by atoms with Crippen molar-refractivity contribution in [2.75, 3.05) is 0 Å². The number of primary amides is 1. The van der Waals surface area contributed by atoms with Crippen molar-refractivity contribution in [3.63, 3.8) is 0 Å². The van der Waals surface area contributed by atoms with Gasteiger partial charge in [0.1, 0.15) is 12.3 Å². The standard InChI is InChI=1S/C14H17N3O3/c1-9(2)20-11-3-4-12-10(7-11)5-6-17(12)8-13(18)16-14(15)19/h3-7,9H,8H2,1-2H3,(H3,15,16,18,19). The summed E-state index contributed by atoms with van der Waals surface area (Å²) in [7, 11) is 0. The molecule has 3 N–H and O–H groups in total. The summed E-state index contributed by atoms with van der Waals surface area (Å²) in [4.78, 5) is 22.1. The highest BCUT2D eigenvalue weighted by Gasteiger charge is 2.09. The van der Waals surface area contributed by atoms with E-state index in [1.807, 2.05) is 43.4 Å². The van der Waals surface area contributed by atoms with Crippen LogP contribution in [0.5, 0.6) is 5.75 Å². The fraction of sp³-hybridized carbons (Fsp3) is 0.286. The van der Waals surface area contributed by atoms with Crippen molar-refractivity contribution in [3.8, 4) is 5.75 Å². The molecule has 0 bridgehead atoms. The second-order valence-electron chi connectivity index (χ2n) is 4.74. The first-order valence-corrected chi connectivity index (χ1v) is 6.30. The maximum absolute atomic E-state index is 11.5. The van der Waals surface area contributed by atoms with Crippen LogP contribution in [0.3, 0.4) is 0 Å². The van der Waals surface area contributed by atoms with Crippen molar-refractivity contribution >= 4 is 22.8 Å². The summed E-state index contributed by atoms with van der Waals surface area (Å²) in [6, 6.07) is 6.69. The molecule has 0 radical (unpaired) electrons. The predicted molar refractivity (Wildman–Crippen MR) is 75.4 cm³/mol. The van der Waals surface area contributed by atoms with Crippen LogP contribution in [0.25, 0.3) is 10.9 Å². The Morgan fingerprint density at radius 2 is 2.10 bits per heavy atom. The van der Waals surface area contributed by atoms with Crippen LogP contribution in [-0.4, -0.2) is 22.6 Å². The summed E-state index contributed by atoms with van der Waals surface area (Å²) in [5.41, 5.74) is 5.79. The molecule has 0 aliphatic heterocycles. The largest absolute Gasteiger partial charge is 0.491 e. The van der Waals surface area contributed by atoms with Gasteiger partial charge in [-0.05, 0) is 38.1 Å². The summed E-state index contributed by atoms with van der Waals surface area (Å²) in [6.45, 7) is 3.96. The van der Waals surface area contributed by atoms with Crippen molar-refractivity contribution in [2.45, 2.75) is 26.5 Å². The first kappa shape index (κ1) is 13.9. The number of hydrogen-bond acceptors (Lipinski definition) is 3. The van der Waals surface area contributed by atoms with Gasteiger partial charge in [-0.1, -0.05) is 0 Å². The molecule has 3 amide bonds. The molecule has 1 aromatic heterocycles. The third-order valence-corrected chi connectivity index (χ3v) is 2.69. The molecule has 0 spiro atoms. The van der Waals surface area contributed by atoms with E-state index in [0.29, 0.717) is 0 Å². The van der Waals surface area contributed by atoms with Crippen LogP contribution in [0.1, 0.15) is 13.8 Å². The fourth-order valence-electron chi connectivity index (χ4n) is 1.99. The summed E-state index contributed by atoms with van der Waals surface area (Å²) in [5.74, 6) is 0.337. The van der Waals surface area contributed by atoms with Gasteiger partial charge >= 0.3 is 6.03 Å². The third kappa shape index (κ3) is 3.28. The van der Waals surface area contributed by atoms with Crippen LogP contribution < -0.4 is 15.8 Å². The number of hydrogen-bond donors (Lipinski definition) is 2. The Balaban J connectivity index is 2.20. The molecular weight excluding hydrogens is 258 g/mol. The van der Waals surface area contributed by atoms with Gasteiger partial charge in [0, 0.05) is 17.1 Å². The van der Waals surface area contributed by atoms with E-state index in [-0.39, 0.29) is 12.6 Å². The van der Waals surface area contributed by atoms with Crippen molar-refractivity contribution in [1.29, 1.82) is 0 Å². The minimum atomic E-state index is -0.848. The number of fused-ring (bicyclic) bond motifs is 1. The van der Waals surface area contributed by atoms with E-state index in [1.54, 1.807) is 10.8 Å². The summed E-state index contributed by atoms with van der Waals surface area (Å²) >= 11 is 0.